The van der Waals surface area contributed by atoms with E-state index in [0.717, 1.165) is 43.8 Å². The summed E-state index contributed by atoms with van der Waals surface area (Å²) in [6.07, 6.45) is 2.23. The van der Waals surface area contributed by atoms with Gasteiger partial charge in [-0.05, 0) is 62.9 Å². The first kappa shape index (κ1) is 26.9. The summed E-state index contributed by atoms with van der Waals surface area (Å²) in [5.74, 6) is 1.99. The second-order valence-corrected chi connectivity index (χ2v) is 11.8. The zero-order valence-electron chi connectivity index (χ0n) is 22.1. The molecule has 0 amide bonds. The van der Waals surface area contributed by atoms with Crippen LogP contribution >= 0.6 is 15.9 Å². The van der Waals surface area contributed by atoms with Gasteiger partial charge >= 0.3 is 0 Å². The Labute approximate surface area is 218 Å². The van der Waals surface area contributed by atoms with E-state index < -0.39 is 0 Å². The molecule has 0 fully saturated rings. The SMILES string of the molecule is COc1ccc(/C(Br)=C/C(c2ccc(OC)cc2)c2cc(C(C)(C)C)c(O)c(C(C)(C)C)c2)cc1. The van der Waals surface area contributed by atoms with Crippen LogP contribution < -0.4 is 9.47 Å². The van der Waals surface area contributed by atoms with Crippen molar-refractivity contribution >= 4 is 20.4 Å². The monoisotopic (exact) mass is 536 g/mol. The minimum absolute atomic E-state index is 0.0415. The van der Waals surface area contributed by atoms with E-state index >= 15 is 0 Å². The molecule has 3 aromatic carbocycles. The lowest BCUT2D eigenvalue weighted by molar-refractivity contribution is 0.414. The summed E-state index contributed by atoms with van der Waals surface area (Å²) in [4.78, 5) is 0. The van der Waals surface area contributed by atoms with E-state index in [1.807, 2.05) is 36.4 Å². The topological polar surface area (TPSA) is 38.7 Å². The van der Waals surface area contributed by atoms with E-state index in [1.165, 1.54) is 0 Å². The third-order valence-electron chi connectivity index (χ3n) is 6.26. The maximum Gasteiger partial charge on any atom is 0.123 e. The van der Waals surface area contributed by atoms with Gasteiger partial charge in [0, 0.05) is 10.4 Å². The van der Waals surface area contributed by atoms with Crippen LogP contribution in [0.3, 0.4) is 0 Å². The van der Waals surface area contributed by atoms with Gasteiger partial charge in [-0.1, -0.05) is 99.9 Å². The Balaban J connectivity index is 2.25. The molecule has 3 rings (SSSR count). The summed E-state index contributed by atoms with van der Waals surface area (Å²) in [6, 6.07) is 20.5. The predicted molar refractivity (Wildman–Crippen MR) is 150 cm³/mol. The maximum absolute atomic E-state index is 11.3. The number of rotatable bonds is 6. The molecule has 1 N–H and O–H groups in total. The number of benzene rings is 3. The van der Waals surface area contributed by atoms with Crippen molar-refractivity contribution in [3.05, 3.63) is 94.6 Å². The summed E-state index contributed by atoms with van der Waals surface area (Å²) in [5, 5.41) is 11.3. The number of halogens is 1. The van der Waals surface area contributed by atoms with Gasteiger partial charge in [0.25, 0.3) is 0 Å². The van der Waals surface area contributed by atoms with E-state index in [-0.39, 0.29) is 16.7 Å². The molecule has 0 aromatic heterocycles. The number of ether oxygens (including phenoxy) is 2. The van der Waals surface area contributed by atoms with Gasteiger partial charge in [0.2, 0.25) is 0 Å². The lowest BCUT2D eigenvalue weighted by Gasteiger charge is -2.29. The largest absolute Gasteiger partial charge is 0.507 e. The van der Waals surface area contributed by atoms with Crippen LogP contribution in [0.2, 0.25) is 0 Å². The van der Waals surface area contributed by atoms with Crippen LogP contribution in [0.5, 0.6) is 17.2 Å². The molecule has 0 saturated carbocycles. The van der Waals surface area contributed by atoms with Crippen LogP contribution in [0.4, 0.5) is 0 Å². The number of phenols is 1. The Morgan fingerprint density at radius 2 is 1.17 bits per heavy atom. The van der Waals surface area contributed by atoms with Gasteiger partial charge in [-0.15, -0.1) is 0 Å². The average Bonchev–Trinajstić information content (AvgIpc) is 2.81. The van der Waals surface area contributed by atoms with E-state index in [0.29, 0.717) is 5.75 Å². The fourth-order valence-corrected chi connectivity index (χ4v) is 4.70. The van der Waals surface area contributed by atoms with E-state index in [1.54, 1.807) is 14.2 Å². The van der Waals surface area contributed by atoms with Crippen molar-refractivity contribution in [1.82, 2.24) is 0 Å². The van der Waals surface area contributed by atoms with Gasteiger partial charge in [0.15, 0.2) is 0 Å². The standard InChI is InChI=1S/C31H37BrO3/c1-30(2,3)26-17-22(18-27(29(26)33)31(4,5)6)25(20-9-13-23(34-7)14-10-20)19-28(32)21-11-15-24(35-8)16-12-21/h9-19,25,33H,1-8H3/b28-19-. The second-order valence-electron chi connectivity index (χ2n) is 11.0. The number of aromatic hydroxyl groups is 1. The first-order chi connectivity index (χ1) is 16.3. The van der Waals surface area contributed by atoms with Crippen LogP contribution in [-0.2, 0) is 10.8 Å². The van der Waals surface area contributed by atoms with Crippen molar-refractivity contribution in [1.29, 1.82) is 0 Å². The van der Waals surface area contributed by atoms with Crippen molar-refractivity contribution in [2.45, 2.75) is 58.3 Å². The number of hydrogen-bond acceptors (Lipinski definition) is 3. The molecule has 0 radical (unpaired) electrons. The Morgan fingerprint density at radius 1 is 0.743 bits per heavy atom. The van der Waals surface area contributed by atoms with Gasteiger partial charge in [-0.3, -0.25) is 0 Å². The van der Waals surface area contributed by atoms with Crippen molar-refractivity contribution in [2.24, 2.45) is 0 Å². The lowest BCUT2D eigenvalue weighted by atomic mass is 9.76. The summed E-state index contributed by atoms with van der Waals surface area (Å²) in [6.45, 7) is 12.9. The molecule has 0 aliphatic carbocycles. The highest BCUT2D eigenvalue weighted by molar-refractivity contribution is 9.15. The number of methoxy groups -OCH3 is 2. The predicted octanol–water partition coefficient (Wildman–Crippen LogP) is 8.57. The Morgan fingerprint density at radius 3 is 1.57 bits per heavy atom. The third-order valence-corrected chi connectivity index (χ3v) is 6.98. The van der Waals surface area contributed by atoms with Crippen molar-refractivity contribution < 1.29 is 14.6 Å². The van der Waals surface area contributed by atoms with Gasteiger partial charge in [-0.2, -0.15) is 0 Å². The van der Waals surface area contributed by atoms with E-state index in [2.05, 4.69) is 87.8 Å². The highest BCUT2D eigenvalue weighted by atomic mass is 79.9. The minimum Gasteiger partial charge on any atom is -0.507 e. The quantitative estimate of drug-likeness (QED) is 0.342. The highest BCUT2D eigenvalue weighted by Crippen LogP contribution is 2.43. The number of hydrogen-bond donors (Lipinski definition) is 1. The lowest BCUT2D eigenvalue weighted by Crippen LogP contribution is -2.18. The molecular weight excluding hydrogens is 500 g/mol. The Hall–Kier alpha value is -2.72. The molecule has 0 aliphatic rings. The molecular formula is C31H37BrO3. The second kappa shape index (κ2) is 10.5. The molecule has 1 unspecified atom stereocenters. The molecule has 0 saturated heterocycles. The molecule has 1 atom stereocenters. The molecule has 0 spiro atoms. The average molecular weight is 538 g/mol. The Kier molecular flexibility index (Phi) is 8.06. The molecule has 0 heterocycles. The molecule has 0 bridgehead atoms. The first-order valence-corrected chi connectivity index (χ1v) is 12.7. The minimum atomic E-state index is -0.207. The fourth-order valence-electron chi connectivity index (χ4n) is 4.17. The van der Waals surface area contributed by atoms with E-state index in [4.69, 9.17) is 9.47 Å². The van der Waals surface area contributed by atoms with Gasteiger partial charge in [0.05, 0.1) is 14.2 Å². The Bertz CT molecular complexity index is 1140. The van der Waals surface area contributed by atoms with Crippen molar-refractivity contribution in [3.63, 3.8) is 0 Å². The zero-order valence-corrected chi connectivity index (χ0v) is 23.7. The summed E-state index contributed by atoms with van der Waals surface area (Å²) >= 11 is 3.83. The molecule has 186 valence electrons. The number of allylic oxidation sites excluding steroid dienone is 1. The summed E-state index contributed by atoms with van der Waals surface area (Å²) in [5.41, 5.74) is 4.83. The van der Waals surface area contributed by atoms with E-state index in [9.17, 15) is 5.11 Å². The van der Waals surface area contributed by atoms with Crippen LogP contribution in [0.25, 0.3) is 4.48 Å². The molecule has 3 aromatic rings. The van der Waals surface area contributed by atoms with Crippen molar-refractivity contribution in [3.8, 4) is 17.2 Å². The first-order valence-electron chi connectivity index (χ1n) is 11.9. The molecule has 4 heteroatoms. The highest BCUT2D eigenvalue weighted by Gasteiger charge is 2.28. The van der Waals surface area contributed by atoms with Crippen molar-refractivity contribution in [2.75, 3.05) is 14.2 Å². The molecule has 35 heavy (non-hydrogen) atoms. The van der Waals surface area contributed by atoms with Gasteiger partial charge in [-0.25, -0.2) is 0 Å². The van der Waals surface area contributed by atoms with Crippen LogP contribution in [0.1, 0.15) is 75.3 Å². The summed E-state index contributed by atoms with van der Waals surface area (Å²) in [7, 11) is 3.35. The van der Waals surface area contributed by atoms with Crippen LogP contribution in [0, 0.1) is 0 Å². The molecule has 0 aliphatic heterocycles. The normalized spacial score (nSPS) is 13.5. The zero-order chi connectivity index (χ0) is 26.0. The number of phenolic OH excluding ortho intramolecular Hbond substituents is 1. The van der Waals surface area contributed by atoms with Crippen LogP contribution in [-0.4, -0.2) is 19.3 Å². The summed E-state index contributed by atoms with van der Waals surface area (Å²) < 4.78 is 11.7. The molecule has 3 nitrogen and oxygen atoms in total. The maximum atomic E-state index is 11.3. The van der Waals surface area contributed by atoms with Gasteiger partial charge in [0.1, 0.15) is 17.2 Å². The van der Waals surface area contributed by atoms with Gasteiger partial charge < -0.3 is 14.6 Å². The fraction of sp³-hybridized carbons (Fsp3) is 0.355. The third kappa shape index (κ3) is 6.29. The smallest absolute Gasteiger partial charge is 0.123 e. The van der Waals surface area contributed by atoms with Crippen LogP contribution in [0.15, 0.2) is 66.7 Å².